The van der Waals surface area contributed by atoms with Crippen molar-refractivity contribution in [3.05, 3.63) is 29.8 Å². The summed E-state index contributed by atoms with van der Waals surface area (Å²) in [6.45, 7) is 1.99. The van der Waals surface area contributed by atoms with Gasteiger partial charge < -0.3 is 9.84 Å². The molecule has 4 heteroatoms. The fraction of sp³-hybridized carbons (Fsp3) is 0.588. The Balaban J connectivity index is 1.57. The molecular weight excluding hydrogens is 266 g/mol. The van der Waals surface area contributed by atoms with Gasteiger partial charge in [0.15, 0.2) is 0 Å². The number of carboxylic acids is 1. The Morgan fingerprint density at radius 3 is 3.00 bits per heavy atom. The summed E-state index contributed by atoms with van der Waals surface area (Å²) in [4.78, 5) is 13.2. The molecule has 0 saturated carbocycles. The molecule has 0 spiro atoms. The van der Waals surface area contributed by atoms with Gasteiger partial charge in [-0.1, -0.05) is 24.6 Å². The molecule has 0 aliphatic carbocycles. The Labute approximate surface area is 125 Å². The van der Waals surface area contributed by atoms with Crippen molar-refractivity contribution in [2.24, 2.45) is 0 Å². The van der Waals surface area contributed by atoms with Gasteiger partial charge in [-0.3, -0.25) is 9.69 Å². The van der Waals surface area contributed by atoms with Gasteiger partial charge in [-0.25, -0.2) is 0 Å². The van der Waals surface area contributed by atoms with Gasteiger partial charge >= 0.3 is 5.97 Å². The molecule has 1 aromatic rings. The van der Waals surface area contributed by atoms with Crippen molar-refractivity contribution >= 4 is 5.97 Å². The first-order valence-electron chi connectivity index (χ1n) is 7.93. The summed E-state index contributed by atoms with van der Waals surface area (Å²) < 4.78 is 6.03. The third kappa shape index (κ3) is 3.56. The van der Waals surface area contributed by atoms with Gasteiger partial charge in [-0.05, 0) is 37.4 Å². The summed E-state index contributed by atoms with van der Waals surface area (Å²) in [5.41, 5.74) is 1.29. The second kappa shape index (κ2) is 6.48. The van der Waals surface area contributed by atoms with Crippen LogP contribution >= 0.6 is 0 Å². The molecule has 0 bridgehead atoms. The number of aliphatic carboxylic acids is 1. The van der Waals surface area contributed by atoms with E-state index in [-0.39, 0.29) is 12.5 Å². The molecule has 21 heavy (non-hydrogen) atoms. The lowest BCUT2D eigenvalue weighted by atomic mass is 9.97. The van der Waals surface area contributed by atoms with Gasteiger partial charge in [-0.15, -0.1) is 0 Å². The van der Waals surface area contributed by atoms with Crippen LogP contribution in [0, 0.1) is 0 Å². The first-order chi connectivity index (χ1) is 10.2. The summed E-state index contributed by atoms with van der Waals surface area (Å²) in [5.74, 6) is 0.326. The lowest BCUT2D eigenvalue weighted by molar-refractivity contribution is -0.137. The zero-order chi connectivity index (χ0) is 14.7. The van der Waals surface area contributed by atoms with Gasteiger partial charge in [0, 0.05) is 25.4 Å². The van der Waals surface area contributed by atoms with E-state index in [1.54, 1.807) is 0 Å². The molecule has 0 aromatic heterocycles. The molecule has 1 aromatic carbocycles. The Morgan fingerprint density at radius 2 is 2.19 bits per heavy atom. The van der Waals surface area contributed by atoms with Crippen molar-refractivity contribution in [3.63, 3.8) is 0 Å². The summed E-state index contributed by atoms with van der Waals surface area (Å²) in [6, 6.07) is 8.64. The highest BCUT2D eigenvalue weighted by molar-refractivity contribution is 5.66. The second-order valence-electron chi connectivity index (χ2n) is 6.13. The highest BCUT2D eigenvalue weighted by Gasteiger charge is 2.29. The van der Waals surface area contributed by atoms with Gasteiger partial charge in [0.25, 0.3) is 0 Å². The number of hydrogen-bond acceptors (Lipinski definition) is 3. The maximum absolute atomic E-state index is 10.8. The minimum absolute atomic E-state index is 0.216. The number of hydrogen-bond donors (Lipinski definition) is 1. The third-order valence-electron chi connectivity index (χ3n) is 4.59. The molecule has 2 aliphatic rings. The van der Waals surface area contributed by atoms with Gasteiger partial charge in [-0.2, -0.15) is 0 Å². The Kier molecular flexibility index (Phi) is 4.44. The fourth-order valence-electron chi connectivity index (χ4n) is 3.53. The van der Waals surface area contributed by atoms with E-state index in [1.165, 1.54) is 18.4 Å². The number of piperidine rings is 1. The number of likely N-dealkylation sites (tertiary alicyclic amines) is 1. The molecule has 2 unspecified atom stereocenters. The molecule has 2 atom stereocenters. The number of carboxylic acid groups (broad SMARTS) is 1. The van der Waals surface area contributed by atoms with E-state index in [0.29, 0.717) is 6.04 Å². The summed E-state index contributed by atoms with van der Waals surface area (Å²) in [6.07, 6.45) is 5.76. The van der Waals surface area contributed by atoms with Crippen molar-refractivity contribution in [2.45, 2.75) is 50.7 Å². The molecular formula is C17H23NO3. The van der Waals surface area contributed by atoms with E-state index in [4.69, 9.17) is 9.84 Å². The molecule has 4 nitrogen and oxygen atoms in total. The van der Waals surface area contributed by atoms with E-state index in [1.807, 2.05) is 12.1 Å². The van der Waals surface area contributed by atoms with Crippen LogP contribution in [0.3, 0.4) is 0 Å². The Morgan fingerprint density at radius 1 is 1.33 bits per heavy atom. The van der Waals surface area contributed by atoms with Crippen LogP contribution in [0.2, 0.25) is 0 Å². The standard InChI is InChI=1S/C17H23NO3/c19-17(20)9-8-14-6-3-4-10-18(14)12-15-11-13-5-1-2-7-16(13)21-15/h1-2,5,7,14-15H,3-4,6,8-12H2,(H,19,20). The number of rotatable bonds is 5. The van der Waals surface area contributed by atoms with E-state index >= 15 is 0 Å². The summed E-state index contributed by atoms with van der Waals surface area (Å²) in [5, 5.41) is 8.89. The third-order valence-corrected chi connectivity index (χ3v) is 4.59. The van der Waals surface area contributed by atoms with Crippen LogP contribution in [0.25, 0.3) is 0 Å². The van der Waals surface area contributed by atoms with Gasteiger partial charge in [0.05, 0.1) is 0 Å². The number of para-hydroxylation sites is 1. The molecule has 3 rings (SSSR count). The maximum atomic E-state index is 10.8. The number of nitrogens with zero attached hydrogens (tertiary/aromatic N) is 1. The maximum Gasteiger partial charge on any atom is 0.303 e. The van der Waals surface area contributed by atoms with Crippen LogP contribution in [0.1, 0.15) is 37.7 Å². The van der Waals surface area contributed by atoms with Gasteiger partial charge in [0.2, 0.25) is 0 Å². The zero-order valence-corrected chi connectivity index (χ0v) is 12.3. The smallest absolute Gasteiger partial charge is 0.303 e. The van der Waals surface area contributed by atoms with E-state index in [2.05, 4.69) is 17.0 Å². The normalized spacial score (nSPS) is 25.3. The van der Waals surface area contributed by atoms with Gasteiger partial charge in [0.1, 0.15) is 11.9 Å². The largest absolute Gasteiger partial charge is 0.488 e. The molecule has 2 aliphatic heterocycles. The Bertz CT molecular complexity index is 478. The molecule has 114 valence electrons. The number of fused-ring (bicyclic) bond motifs is 1. The van der Waals surface area contributed by atoms with E-state index in [9.17, 15) is 4.79 Å². The molecule has 0 radical (unpaired) electrons. The van der Waals surface area contributed by atoms with Crippen LogP contribution in [-0.2, 0) is 11.2 Å². The molecule has 1 fully saturated rings. The number of benzene rings is 1. The summed E-state index contributed by atoms with van der Waals surface area (Å²) in [7, 11) is 0. The molecule has 1 N–H and O–H groups in total. The second-order valence-corrected chi connectivity index (χ2v) is 6.13. The Hall–Kier alpha value is -1.55. The number of ether oxygens (including phenoxy) is 1. The highest BCUT2D eigenvalue weighted by Crippen LogP contribution is 2.30. The quantitative estimate of drug-likeness (QED) is 0.905. The van der Waals surface area contributed by atoms with Crippen molar-refractivity contribution in [3.8, 4) is 5.75 Å². The molecule has 1 saturated heterocycles. The van der Waals surface area contributed by atoms with Crippen molar-refractivity contribution in [1.82, 2.24) is 4.90 Å². The molecule has 0 amide bonds. The zero-order valence-electron chi connectivity index (χ0n) is 12.3. The predicted molar refractivity (Wildman–Crippen MR) is 80.6 cm³/mol. The minimum Gasteiger partial charge on any atom is -0.488 e. The van der Waals surface area contributed by atoms with Crippen molar-refractivity contribution < 1.29 is 14.6 Å². The first-order valence-corrected chi connectivity index (χ1v) is 7.93. The minimum atomic E-state index is -0.690. The van der Waals surface area contributed by atoms with Crippen molar-refractivity contribution in [2.75, 3.05) is 13.1 Å². The lowest BCUT2D eigenvalue weighted by Gasteiger charge is -2.36. The lowest BCUT2D eigenvalue weighted by Crippen LogP contribution is -2.45. The SMILES string of the molecule is O=C(O)CCC1CCCCN1CC1Cc2ccccc2O1. The highest BCUT2D eigenvalue weighted by atomic mass is 16.5. The predicted octanol–water partition coefficient (Wildman–Crippen LogP) is 2.71. The van der Waals surface area contributed by atoms with Crippen molar-refractivity contribution in [1.29, 1.82) is 0 Å². The van der Waals surface area contributed by atoms with E-state index in [0.717, 1.165) is 38.1 Å². The van der Waals surface area contributed by atoms with Crippen LogP contribution in [0.5, 0.6) is 5.75 Å². The summed E-state index contributed by atoms with van der Waals surface area (Å²) >= 11 is 0. The van der Waals surface area contributed by atoms with E-state index < -0.39 is 5.97 Å². The number of carbonyl (C=O) groups is 1. The van der Waals surface area contributed by atoms with Crippen LogP contribution in [0.15, 0.2) is 24.3 Å². The fourth-order valence-corrected chi connectivity index (χ4v) is 3.53. The van der Waals surface area contributed by atoms with Crippen LogP contribution in [-0.4, -0.2) is 41.2 Å². The monoisotopic (exact) mass is 289 g/mol. The topological polar surface area (TPSA) is 49.8 Å². The van der Waals surface area contributed by atoms with Crippen LogP contribution in [0.4, 0.5) is 0 Å². The van der Waals surface area contributed by atoms with Crippen LogP contribution < -0.4 is 4.74 Å². The average Bonchev–Trinajstić information content (AvgIpc) is 2.88. The molecule has 2 heterocycles. The first kappa shape index (κ1) is 14.4. The average molecular weight is 289 g/mol.